The molecule has 0 aliphatic rings. The van der Waals surface area contributed by atoms with Crippen LogP contribution in [0.4, 0.5) is 0 Å². The molecule has 126 valence electrons. The Hall–Kier alpha value is -1.98. The van der Waals surface area contributed by atoms with Gasteiger partial charge >= 0.3 is 11.9 Å². The molecule has 0 amide bonds. The Morgan fingerprint density at radius 3 is 1.41 bits per heavy atom. The molecule has 0 fully saturated rings. The van der Waals surface area contributed by atoms with Gasteiger partial charge in [-0.25, -0.2) is 9.59 Å². The number of carbonyl (C=O) groups excluding carboxylic acids is 2. The maximum atomic E-state index is 11.3. The Labute approximate surface area is 133 Å². The van der Waals surface area contributed by atoms with Gasteiger partial charge in [0.15, 0.2) is 0 Å². The first kappa shape index (κ1) is 20.0. The summed E-state index contributed by atoms with van der Waals surface area (Å²) < 4.78 is 10.1. The number of ether oxygens (including phenoxy) is 2. The van der Waals surface area contributed by atoms with Gasteiger partial charge < -0.3 is 19.3 Å². The van der Waals surface area contributed by atoms with Gasteiger partial charge in [-0.15, -0.1) is 0 Å². The molecule has 22 heavy (non-hydrogen) atoms. The van der Waals surface area contributed by atoms with Crippen molar-refractivity contribution in [3.05, 3.63) is 24.6 Å². The fraction of sp³-hybridized carbons (Fsp3) is 0.625. The van der Waals surface area contributed by atoms with E-state index in [1.54, 1.807) is 22.2 Å². The van der Waals surface area contributed by atoms with Crippen LogP contribution in [0, 0.1) is 0 Å². The Morgan fingerprint density at radius 2 is 1.09 bits per heavy atom. The molecule has 0 aromatic carbocycles. The molecule has 0 saturated heterocycles. The standard InChI is InChI=1S/C16H28N2O4/c1-17(2)11-9-15(19)21-13-7-5-6-8-14-22-16(20)10-12-18(3)4/h9-12H,5-8,13-14H2,1-4H3/b11-9+,12-10+. The Bertz CT molecular complexity index is 340. The molecule has 0 aliphatic carbocycles. The van der Waals surface area contributed by atoms with Gasteiger partial charge in [-0.3, -0.25) is 0 Å². The summed E-state index contributed by atoms with van der Waals surface area (Å²) in [7, 11) is 7.36. The van der Waals surface area contributed by atoms with E-state index in [0.29, 0.717) is 13.2 Å². The van der Waals surface area contributed by atoms with Gasteiger partial charge in [0.2, 0.25) is 0 Å². The largest absolute Gasteiger partial charge is 0.462 e. The fourth-order valence-electron chi connectivity index (χ4n) is 1.42. The van der Waals surface area contributed by atoms with Crippen molar-refractivity contribution in [1.82, 2.24) is 9.80 Å². The number of hydrogen-bond donors (Lipinski definition) is 0. The Balaban J connectivity index is 3.44. The molecule has 0 heterocycles. The molecule has 0 aliphatic heterocycles. The van der Waals surface area contributed by atoms with E-state index in [-0.39, 0.29) is 11.9 Å². The highest BCUT2D eigenvalue weighted by molar-refractivity contribution is 5.82. The monoisotopic (exact) mass is 312 g/mol. The number of carbonyl (C=O) groups is 2. The first-order chi connectivity index (χ1) is 10.4. The Morgan fingerprint density at radius 1 is 0.727 bits per heavy atom. The molecule has 0 atom stereocenters. The molecule has 0 aromatic heterocycles. The minimum absolute atomic E-state index is 0.324. The Kier molecular flexibility index (Phi) is 11.6. The zero-order valence-electron chi connectivity index (χ0n) is 14.1. The molecule has 0 radical (unpaired) electrons. The zero-order valence-corrected chi connectivity index (χ0v) is 14.1. The van der Waals surface area contributed by atoms with Crippen molar-refractivity contribution < 1.29 is 19.1 Å². The minimum Gasteiger partial charge on any atom is -0.462 e. The van der Waals surface area contributed by atoms with Gasteiger partial charge in [-0.2, -0.15) is 0 Å². The summed E-state index contributed by atoms with van der Waals surface area (Å²) in [6, 6.07) is 0. The van der Waals surface area contributed by atoms with E-state index < -0.39 is 0 Å². The second-order valence-electron chi connectivity index (χ2n) is 5.31. The van der Waals surface area contributed by atoms with Crippen LogP contribution in [0.5, 0.6) is 0 Å². The van der Waals surface area contributed by atoms with E-state index in [4.69, 9.17) is 9.47 Å². The first-order valence-corrected chi connectivity index (χ1v) is 7.44. The van der Waals surface area contributed by atoms with Crippen LogP contribution in [0.3, 0.4) is 0 Å². The second kappa shape index (κ2) is 12.7. The van der Waals surface area contributed by atoms with Crippen molar-refractivity contribution in [3.8, 4) is 0 Å². The quantitative estimate of drug-likeness (QED) is 0.329. The fourth-order valence-corrected chi connectivity index (χ4v) is 1.42. The predicted molar refractivity (Wildman–Crippen MR) is 86.0 cm³/mol. The van der Waals surface area contributed by atoms with Crippen molar-refractivity contribution in [2.75, 3.05) is 41.4 Å². The van der Waals surface area contributed by atoms with Crippen molar-refractivity contribution in [3.63, 3.8) is 0 Å². The number of rotatable bonds is 11. The van der Waals surface area contributed by atoms with Crippen LogP contribution in [0.15, 0.2) is 24.6 Å². The van der Waals surface area contributed by atoms with Gasteiger partial charge in [-0.05, 0) is 25.7 Å². The molecular weight excluding hydrogens is 284 g/mol. The van der Waals surface area contributed by atoms with Crippen molar-refractivity contribution in [2.45, 2.75) is 25.7 Å². The normalized spacial score (nSPS) is 10.9. The lowest BCUT2D eigenvalue weighted by atomic mass is 10.2. The summed E-state index contributed by atoms with van der Waals surface area (Å²) in [5.41, 5.74) is 0. The highest BCUT2D eigenvalue weighted by atomic mass is 16.5. The number of unbranched alkanes of at least 4 members (excludes halogenated alkanes) is 3. The maximum absolute atomic E-state index is 11.3. The lowest BCUT2D eigenvalue weighted by Gasteiger charge is -2.05. The summed E-state index contributed by atoms with van der Waals surface area (Å²) in [4.78, 5) is 26.1. The summed E-state index contributed by atoms with van der Waals surface area (Å²) >= 11 is 0. The smallest absolute Gasteiger partial charge is 0.332 e. The molecule has 0 aromatic rings. The highest BCUT2D eigenvalue weighted by Crippen LogP contribution is 2.01. The first-order valence-electron chi connectivity index (χ1n) is 7.44. The lowest BCUT2D eigenvalue weighted by molar-refractivity contribution is -0.139. The average molecular weight is 312 g/mol. The molecule has 0 spiro atoms. The van der Waals surface area contributed by atoms with Crippen molar-refractivity contribution >= 4 is 11.9 Å². The van der Waals surface area contributed by atoms with E-state index in [1.807, 2.05) is 28.2 Å². The molecule has 6 nitrogen and oxygen atoms in total. The predicted octanol–water partition coefficient (Wildman–Crippen LogP) is 1.78. The summed E-state index contributed by atoms with van der Waals surface area (Å²) in [6.07, 6.45) is 9.63. The third-order valence-corrected chi connectivity index (χ3v) is 2.54. The molecular formula is C16H28N2O4. The summed E-state index contributed by atoms with van der Waals surface area (Å²) in [5.74, 6) is -0.648. The molecule has 0 unspecified atom stereocenters. The van der Waals surface area contributed by atoms with E-state index >= 15 is 0 Å². The van der Waals surface area contributed by atoms with Gasteiger partial charge in [-0.1, -0.05) is 0 Å². The molecule has 6 heteroatoms. The zero-order chi connectivity index (χ0) is 16.8. The topological polar surface area (TPSA) is 59.1 Å². The van der Waals surface area contributed by atoms with Crippen LogP contribution in [-0.2, 0) is 19.1 Å². The van der Waals surface area contributed by atoms with Crippen LogP contribution in [0.25, 0.3) is 0 Å². The van der Waals surface area contributed by atoms with Crippen LogP contribution >= 0.6 is 0 Å². The number of nitrogens with zero attached hydrogens (tertiary/aromatic N) is 2. The molecule has 0 N–H and O–H groups in total. The van der Waals surface area contributed by atoms with Gasteiger partial charge in [0.05, 0.1) is 13.2 Å². The van der Waals surface area contributed by atoms with Gasteiger partial charge in [0.25, 0.3) is 0 Å². The SMILES string of the molecule is CN(C)/C=C/C(=O)OCCCCCCOC(=O)/C=C/N(C)C. The van der Waals surface area contributed by atoms with Crippen molar-refractivity contribution in [2.24, 2.45) is 0 Å². The lowest BCUT2D eigenvalue weighted by Crippen LogP contribution is -2.07. The number of hydrogen-bond acceptors (Lipinski definition) is 6. The van der Waals surface area contributed by atoms with Gasteiger partial charge in [0.1, 0.15) is 0 Å². The van der Waals surface area contributed by atoms with Crippen LogP contribution in [0.1, 0.15) is 25.7 Å². The molecule has 0 bridgehead atoms. The van der Waals surface area contributed by atoms with E-state index in [1.165, 1.54) is 12.2 Å². The van der Waals surface area contributed by atoms with E-state index in [9.17, 15) is 9.59 Å². The van der Waals surface area contributed by atoms with Gasteiger partial charge in [0, 0.05) is 52.7 Å². The summed E-state index contributed by atoms with van der Waals surface area (Å²) in [6.45, 7) is 0.837. The maximum Gasteiger partial charge on any atom is 0.332 e. The van der Waals surface area contributed by atoms with Crippen LogP contribution in [0.2, 0.25) is 0 Å². The van der Waals surface area contributed by atoms with Crippen molar-refractivity contribution in [1.29, 1.82) is 0 Å². The summed E-state index contributed by atoms with van der Waals surface area (Å²) in [5, 5.41) is 0. The molecule has 0 saturated carbocycles. The van der Waals surface area contributed by atoms with Crippen LogP contribution < -0.4 is 0 Å². The second-order valence-corrected chi connectivity index (χ2v) is 5.31. The minimum atomic E-state index is -0.324. The highest BCUT2D eigenvalue weighted by Gasteiger charge is 1.99. The average Bonchev–Trinajstić information content (AvgIpc) is 2.45. The number of esters is 2. The third-order valence-electron chi connectivity index (χ3n) is 2.54. The third kappa shape index (κ3) is 14.4. The molecule has 0 rings (SSSR count). The van der Waals surface area contributed by atoms with Crippen LogP contribution in [-0.4, -0.2) is 63.1 Å². The van der Waals surface area contributed by atoms with E-state index in [2.05, 4.69) is 0 Å². The van der Waals surface area contributed by atoms with E-state index in [0.717, 1.165) is 25.7 Å².